The third kappa shape index (κ3) is 4.44. The molecular formula is C10H11N5O13. The number of aliphatic hydroxyl groups is 3. The van der Waals surface area contributed by atoms with Crippen LogP contribution in [0, 0.1) is 30.3 Å². The van der Waals surface area contributed by atoms with Gasteiger partial charge in [-0.05, 0) is 12.1 Å². The van der Waals surface area contributed by atoms with E-state index in [1.54, 1.807) is 0 Å². The van der Waals surface area contributed by atoms with E-state index in [4.69, 9.17) is 0 Å². The van der Waals surface area contributed by atoms with E-state index in [0.29, 0.717) is 0 Å². The number of hydrogen-bond acceptors (Lipinski definition) is 14. The highest BCUT2D eigenvalue weighted by Crippen LogP contribution is 2.33. The van der Waals surface area contributed by atoms with Crippen molar-refractivity contribution < 1.29 is 50.0 Å². The van der Waals surface area contributed by atoms with Crippen molar-refractivity contribution in [3.05, 3.63) is 60.4 Å². The number of amides is 1. The Hall–Kier alpha value is -3.90. The van der Waals surface area contributed by atoms with Crippen LogP contribution in [0.3, 0.4) is 0 Å². The Balaban J connectivity index is 3.66. The van der Waals surface area contributed by atoms with Gasteiger partial charge < -0.3 is 15.3 Å². The third-order valence-corrected chi connectivity index (χ3v) is 3.14. The van der Waals surface area contributed by atoms with Crippen LogP contribution in [0.2, 0.25) is 0 Å². The van der Waals surface area contributed by atoms with Crippen LogP contribution < -0.4 is 0 Å². The fraction of sp³-hybridized carbons (Fsp3) is 0.400. The quantitative estimate of drug-likeness (QED) is 0.193. The Morgan fingerprint density at radius 1 is 1.11 bits per heavy atom. The van der Waals surface area contributed by atoms with Crippen LogP contribution in [-0.2, 0) is 14.6 Å². The van der Waals surface area contributed by atoms with Crippen LogP contribution in [0.4, 0.5) is 0 Å². The molecule has 0 aromatic carbocycles. The zero-order chi connectivity index (χ0) is 21.5. The predicted molar refractivity (Wildman–Crippen MR) is 76.5 cm³/mol. The van der Waals surface area contributed by atoms with Crippen LogP contribution in [-0.4, -0.2) is 71.3 Å². The highest BCUT2D eigenvalue weighted by molar-refractivity contribution is 5.93. The van der Waals surface area contributed by atoms with Crippen molar-refractivity contribution in [3.63, 3.8) is 0 Å². The van der Waals surface area contributed by atoms with Crippen molar-refractivity contribution in [1.29, 1.82) is 0 Å². The van der Waals surface area contributed by atoms with Gasteiger partial charge in [0.1, 0.15) is 0 Å². The summed E-state index contributed by atoms with van der Waals surface area (Å²) in [4.78, 5) is 59.3. The zero-order valence-electron chi connectivity index (χ0n) is 13.4. The molecule has 0 fully saturated rings. The summed E-state index contributed by atoms with van der Waals surface area (Å²) in [5.74, 6) is -5.89. The second-order valence-corrected chi connectivity index (χ2v) is 4.71. The van der Waals surface area contributed by atoms with Gasteiger partial charge in [0.25, 0.3) is 16.1 Å². The summed E-state index contributed by atoms with van der Waals surface area (Å²) in [6.45, 7) is -3.64. The minimum atomic E-state index is -4.27. The first-order chi connectivity index (χ1) is 13.0. The predicted octanol–water partition coefficient (Wildman–Crippen LogP) is -2.57. The van der Waals surface area contributed by atoms with Crippen LogP contribution in [0.25, 0.3) is 0 Å². The van der Waals surface area contributed by atoms with E-state index in [2.05, 4.69) is 19.6 Å². The Bertz CT molecular complexity index is 722. The summed E-state index contributed by atoms with van der Waals surface area (Å²) < 4.78 is 0. The Morgan fingerprint density at radius 3 is 2.00 bits per heavy atom. The molecule has 1 aromatic rings. The van der Waals surface area contributed by atoms with Gasteiger partial charge in [0.15, 0.2) is 5.54 Å². The lowest BCUT2D eigenvalue weighted by atomic mass is 9.97. The van der Waals surface area contributed by atoms with Gasteiger partial charge in [-0.3, -0.25) is 9.78 Å². The topological polar surface area (TPSA) is 251 Å². The van der Waals surface area contributed by atoms with Crippen molar-refractivity contribution >= 4 is 5.91 Å². The molecule has 0 saturated heterocycles. The number of carbonyl (C=O) groups is 1. The molecule has 18 heteroatoms. The highest BCUT2D eigenvalue weighted by Gasteiger charge is 2.64. The van der Waals surface area contributed by atoms with E-state index in [9.17, 15) is 50.5 Å². The molecule has 28 heavy (non-hydrogen) atoms. The number of aromatic nitrogens is 1. The first-order valence-corrected chi connectivity index (χ1v) is 6.71. The molecule has 154 valence electrons. The molecule has 1 aromatic heterocycles. The van der Waals surface area contributed by atoms with Crippen molar-refractivity contribution in [2.45, 2.75) is 11.5 Å². The SMILES string of the molecule is O=C(c1cccnc1)N(O[N+](=O)[O-])C(CO)(CO)C(O)(O[N+](=O)[O-])O[N+](=O)[O-]. The number of rotatable bonds is 11. The number of hydroxylamine groups is 2. The van der Waals surface area contributed by atoms with Gasteiger partial charge in [0, 0.05) is 12.4 Å². The second kappa shape index (κ2) is 8.66. The maximum Gasteiger partial charge on any atom is 0.394 e. The largest absolute Gasteiger partial charge is 0.394 e. The molecule has 1 rings (SSSR count). The second-order valence-electron chi connectivity index (χ2n) is 4.71. The Labute approximate surface area is 152 Å². The van der Waals surface area contributed by atoms with Gasteiger partial charge in [-0.2, -0.15) is 10.0 Å². The Morgan fingerprint density at radius 2 is 1.64 bits per heavy atom. The van der Waals surface area contributed by atoms with E-state index < -0.39 is 56.5 Å². The molecule has 0 aliphatic heterocycles. The van der Waals surface area contributed by atoms with Gasteiger partial charge in [-0.1, -0.05) is 0 Å². The van der Waals surface area contributed by atoms with Gasteiger partial charge in [0.2, 0.25) is 0 Å². The molecule has 1 amide bonds. The van der Waals surface area contributed by atoms with Crippen molar-refractivity contribution in [3.8, 4) is 0 Å². The van der Waals surface area contributed by atoms with Gasteiger partial charge in [0.05, 0.1) is 18.8 Å². The van der Waals surface area contributed by atoms with E-state index in [-0.39, 0.29) is 0 Å². The summed E-state index contributed by atoms with van der Waals surface area (Å²) in [6, 6.07) is 2.18. The summed E-state index contributed by atoms with van der Waals surface area (Å²) in [5.41, 5.74) is -4.01. The van der Waals surface area contributed by atoms with E-state index >= 15 is 0 Å². The highest BCUT2D eigenvalue weighted by atomic mass is 17.1. The lowest BCUT2D eigenvalue weighted by Gasteiger charge is -2.44. The monoisotopic (exact) mass is 409 g/mol. The molecule has 0 bridgehead atoms. The van der Waals surface area contributed by atoms with Crippen molar-refractivity contribution in [1.82, 2.24) is 10.0 Å². The minimum absolute atomic E-state index is 0.514. The number of aliphatic hydroxyl groups excluding tert-OH is 2. The average molecular weight is 409 g/mol. The summed E-state index contributed by atoms with van der Waals surface area (Å²) in [5, 5.41) is 55.4. The molecule has 0 spiro atoms. The normalized spacial score (nSPS) is 11.2. The molecule has 0 unspecified atom stereocenters. The number of nitrogens with zero attached hydrogens (tertiary/aromatic N) is 5. The number of carbonyl (C=O) groups excluding carboxylic acids is 1. The van der Waals surface area contributed by atoms with E-state index in [0.717, 1.165) is 12.3 Å². The average Bonchev–Trinajstić information content (AvgIpc) is 2.60. The zero-order valence-corrected chi connectivity index (χ0v) is 13.4. The van der Waals surface area contributed by atoms with Crippen molar-refractivity contribution in [2.75, 3.05) is 13.2 Å². The smallest absolute Gasteiger partial charge is 0.393 e. The van der Waals surface area contributed by atoms with Crippen LogP contribution in [0.1, 0.15) is 10.4 Å². The molecule has 18 nitrogen and oxygen atoms in total. The molecule has 0 saturated carbocycles. The molecule has 0 radical (unpaired) electrons. The van der Waals surface area contributed by atoms with Gasteiger partial charge >= 0.3 is 11.1 Å². The first kappa shape index (κ1) is 22.1. The van der Waals surface area contributed by atoms with Gasteiger partial charge in [-0.15, -0.1) is 30.3 Å². The maximum absolute atomic E-state index is 12.5. The molecule has 3 N–H and O–H groups in total. The van der Waals surface area contributed by atoms with Crippen LogP contribution >= 0.6 is 0 Å². The number of hydrogen-bond donors (Lipinski definition) is 3. The standard InChI is InChI=1S/C10H11N5O13/c16-5-9(6-17,10(19,26-13(20)21)27-14(22)23)12(28-15(24)25)8(18)7-2-1-3-11-4-7/h1-4,16-17,19H,5-6H2. The Kier molecular flexibility index (Phi) is 6.85. The molecule has 0 aliphatic carbocycles. The number of pyridine rings is 1. The molecule has 1 heterocycles. The van der Waals surface area contributed by atoms with E-state index in [1.807, 2.05) is 0 Å². The minimum Gasteiger partial charge on any atom is -0.393 e. The van der Waals surface area contributed by atoms with Crippen LogP contribution in [0.5, 0.6) is 0 Å². The fourth-order valence-electron chi connectivity index (χ4n) is 1.88. The van der Waals surface area contributed by atoms with Gasteiger partial charge in [-0.25, -0.2) is 9.68 Å². The molecule has 0 atom stereocenters. The molecular weight excluding hydrogens is 398 g/mol. The fourth-order valence-corrected chi connectivity index (χ4v) is 1.88. The van der Waals surface area contributed by atoms with Crippen molar-refractivity contribution in [2.24, 2.45) is 0 Å². The van der Waals surface area contributed by atoms with Crippen LogP contribution in [0.15, 0.2) is 24.5 Å². The maximum atomic E-state index is 12.5. The lowest BCUT2D eigenvalue weighted by molar-refractivity contribution is -0.906. The summed E-state index contributed by atoms with van der Waals surface area (Å²) >= 11 is 0. The van der Waals surface area contributed by atoms with E-state index in [1.165, 1.54) is 12.3 Å². The molecule has 0 aliphatic rings. The lowest BCUT2D eigenvalue weighted by Crippen LogP contribution is -2.73. The first-order valence-electron chi connectivity index (χ1n) is 6.71. The summed E-state index contributed by atoms with van der Waals surface area (Å²) in [6.07, 6.45) is 2.00. The summed E-state index contributed by atoms with van der Waals surface area (Å²) in [7, 11) is 0. The third-order valence-electron chi connectivity index (χ3n) is 3.14.